The summed E-state index contributed by atoms with van der Waals surface area (Å²) >= 11 is 0. The van der Waals surface area contributed by atoms with Crippen LogP contribution in [-0.2, 0) is 9.59 Å². The Labute approximate surface area is 90.3 Å². The van der Waals surface area contributed by atoms with Crippen LogP contribution in [-0.4, -0.2) is 34.0 Å². The van der Waals surface area contributed by atoms with Crippen LogP contribution in [0.25, 0.3) is 0 Å². The molecule has 0 saturated heterocycles. The molecule has 0 bridgehead atoms. The Hall–Kier alpha value is -1.06. The summed E-state index contributed by atoms with van der Waals surface area (Å²) in [5.74, 6) is -1.01. The lowest BCUT2D eigenvalue weighted by atomic mass is 10.1. The van der Waals surface area contributed by atoms with Gasteiger partial charge >= 0.3 is 5.97 Å². The van der Waals surface area contributed by atoms with Crippen molar-refractivity contribution in [2.45, 2.75) is 52.1 Å². The summed E-state index contributed by atoms with van der Waals surface area (Å²) in [7, 11) is 0. The molecule has 0 radical (unpaired) electrons. The van der Waals surface area contributed by atoms with Crippen molar-refractivity contribution >= 4 is 11.9 Å². The van der Waals surface area contributed by atoms with Crippen LogP contribution in [0.3, 0.4) is 0 Å². The number of carboxylic acids is 1. The van der Waals surface area contributed by atoms with Gasteiger partial charge in [0, 0.05) is 12.0 Å². The quantitative estimate of drug-likeness (QED) is 0.752. The Morgan fingerprint density at radius 3 is 2.27 bits per heavy atom. The lowest BCUT2D eigenvalue weighted by molar-refractivity contribution is -0.151. The monoisotopic (exact) mass is 213 g/mol. The van der Waals surface area contributed by atoms with Crippen LogP contribution in [0.15, 0.2) is 0 Å². The van der Waals surface area contributed by atoms with Crippen LogP contribution in [0.1, 0.15) is 40.0 Å². The number of aliphatic carboxylic acids is 1. The first-order valence-corrected chi connectivity index (χ1v) is 5.54. The van der Waals surface area contributed by atoms with Gasteiger partial charge in [-0.15, -0.1) is 0 Å². The lowest BCUT2D eigenvalue weighted by Crippen LogP contribution is -2.46. The van der Waals surface area contributed by atoms with E-state index < -0.39 is 12.0 Å². The SMILES string of the molecule is CCC(C)C(=O)N(C1CC1)C(C)C(=O)O. The van der Waals surface area contributed by atoms with E-state index in [0.29, 0.717) is 0 Å². The van der Waals surface area contributed by atoms with Gasteiger partial charge in [-0.3, -0.25) is 4.79 Å². The Bertz CT molecular complexity index is 261. The Morgan fingerprint density at radius 2 is 1.93 bits per heavy atom. The molecule has 0 spiro atoms. The largest absolute Gasteiger partial charge is 0.480 e. The van der Waals surface area contributed by atoms with E-state index >= 15 is 0 Å². The van der Waals surface area contributed by atoms with E-state index in [4.69, 9.17) is 5.11 Å². The minimum Gasteiger partial charge on any atom is -0.480 e. The molecule has 4 heteroatoms. The lowest BCUT2D eigenvalue weighted by Gasteiger charge is -2.28. The predicted octanol–water partition coefficient (Wildman–Crippen LogP) is 1.50. The zero-order valence-electron chi connectivity index (χ0n) is 9.56. The molecule has 0 aromatic heterocycles. The van der Waals surface area contributed by atoms with Gasteiger partial charge in [-0.2, -0.15) is 0 Å². The number of nitrogens with zero attached hydrogens (tertiary/aromatic N) is 1. The van der Waals surface area contributed by atoms with Crippen molar-refractivity contribution < 1.29 is 14.7 Å². The van der Waals surface area contributed by atoms with Gasteiger partial charge in [-0.1, -0.05) is 13.8 Å². The maximum atomic E-state index is 12.0. The highest BCUT2D eigenvalue weighted by Crippen LogP contribution is 2.30. The third-order valence-electron chi connectivity index (χ3n) is 3.00. The molecular formula is C11H19NO3. The standard InChI is InChI=1S/C11H19NO3/c1-4-7(2)10(13)12(9-5-6-9)8(3)11(14)15/h7-9H,4-6H2,1-3H3,(H,14,15). The maximum absolute atomic E-state index is 12.0. The molecule has 0 aliphatic heterocycles. The van der Waals surface area contributed by atoms with Crippen LogP contribution in [0, 0.1) is 5.92 Å². The second kappa shape index (κ2) is 4.64. The number of carboxylic acid groups (broad SMARTS) is 1. The first-order chi connectivity index (χ1) is 6.99. The molecule has 1 saturated carbocycles. The van der Waals surface area contributed by atoms with E-state index in [-0.39, 0.29) is 17.9 Å². The molecule has 1 amide bonds. The normalized spacial score (nSPS) is 19.4. The van der Waals surface area contributed by atoms with Crippen molar-refractivity contribution in [3.05, 3.63) is 0 Å². The third-order valence-corrected chi connectivity index (χ3v) is 3.00. The Morgan fingerprint density at radius 1 is 1.40 bits per heavy atom. The smallest absolute Gasteiger partial charge is 0.326 e. The van der Waals surface area contributed by atoms with Gasteiger partial charge in [0.1, 0.15) is 6.04 Å². The van der Waals surface area contributed by atoms with E-state index in [1.165, 1.54) is 0 Å². The zero-order valence-corrected chi connectivity index (χ0v) is 9.56. The molecular weight excluding hydrogens is 194 g/mol. The molecule has 0 heterocycles. The summed E-state index contributed by atoms with van der Waals surface area (Å²) in [6.07, 6.45) is 2.65. The number of rotatable bonds is 5. The molecule has 2 unspecified atom stereocenters. The molecule has 1 aliphatic rings. The first-order valence-electron chi connectivity index (χ1n) is 5.54. The van der Waals surface area contributed by atoms with Crippen molar-refractivity contribution in [2.75, 3.05) is 0 Å². The molecule has 4 nitrogen and oxygen atoms in total. The van der Waals surface area contributed by atoms with Crippen LogP contribution < -0.4 is 0 Å². The van der Waals surface area contributed by atoms with Crippen molar-refractivity contribution in [2.24, 2.45) is 5.92 Å². The number of amides is 1. The molecule has 15 heavy (non-hydrogen) atoms. The fraction of sp³-hybridized carbons (Fsp3) is 0.818. The van der Waals surface area contributed by atoms with Crippen molar-refractivity contribution in [3.8, 4) is 0 Å². The van der Waals surface area contributed by atoms with E-state index in [1.807, 2.05) is 13.8 Å². The van der Waals surface area contributed by atoms with Crippen molar-refractivity contribution in [3.63, 3.8) is 0 Å². The molecule has 86 valence electrons. The highest BCUT2D eigenvalue weighted by Gasteiger charge is 2.39. The second-order valence-electron chi connectivity index (χ2n) is 4.30. The van der Waals surface area contributed by atoms with E-state index in [1.54, 1.807) is 11.8 Å². The highest BCUT2D eigenvalue weighted by molar-refractivity contribution is 5.85. The number of carbonyl (C=O) groups is 2. The minimum absolute atomic E-state index is 0.0186. The van der Waals surface area contributed by atoms with Crippen LogP contribution in [0.5, 0.6) is 0 Å². The highest BCUT2D eigenvalue weighted by atomic mass is 16.4. The molecule has 1 aliphatic carbocycles. The van der Waals surface area contributed by atoms with Crippen LogP contribution >= 0.6 is 0 Å². The van der Waals surface area contributed by atoms with Gasteiger partial charge in [0.05, 0.1) is 0 Å². The summed E-state index contributed by atoms with van der Waals surface area (Å²) in [6.45, 7) is 5.38. The van der Waals surface area contributed by atoms with Gasteiger partial charge in [0.25, 0.3) is 0 Å². The molecule has 1 fully saturated rings. The number of carbonyl (C=O) groups excluding carboxylic acids is 1. The van der Waals surface area contributed by atoms with Crippen LogP contribution in [0.2, 0.25) is 0 Å². The maximum Gasteiger partial charge on any atom is 0.326 e. The van der Waals surface area contributed by atoms with E-state index in [2.05, 4.69) is 0 Å². The topological polar surface area (TPSA) is 57.6 Å². The van der Waals surface area contributed by atoms with E-state index in [9.17, 15) is 9.59 Å². The van der Waals surface area contributed by atoms with Gasteiger partial charge in [0.2, 0.25) is 5.91 Å². The van der Waals surface area contributed by atoms with Gasteiger partial charge in [-0.25, -0.2) is 4.79 Å². The van der Waals surface area contributed by atoms with Gasteiger partial charge in [-0.05, 0) is 26.2 Å². The van der Waals surface area contributed by atoms with Crippen molar-refractivity contribution in [1.29, 1.82) is 0 Å². The summed E-state index contributed by atoms with van der Waals surface area (Å²) in [5, 5.41) is 8.94. The van der Waals surface area contributed by atoms with Gasteiger partial charge < -0.3 is 10.0 Å². The summed E-state index contributed by atoms with van der Waals surface area (Å²) in [5.41, 5.74) is 0. The molecule has 1 N–H and O–H groups in total. The molecule has 0 aromatic rings. The Balaban J connectivity index is 2.73. The average Bonchev–Trinajstić information content (AvgIpc) is 3.00. The molecule has 2 atom stereocenters. The predicted molar refractivity (Wildman–Crippen MR) is 56.4 cm³/mol. The molecule has 1 rings (SSSR count). The first kappa shape index (κ1) is 12.0. The molecule has 0 aromatic carbocycles. The third kappa shape index (κ3) is 2.70. The Kier molecular flexibility index (Phi) is 3.72. The fourth-order valence-corrected chi connectivity index (χ4v) is 1.59. The van der Waals surface area contributed by atoms with Crippen LogP contribution in [0.4, 0.5) is 0 Å². The number of hydrogen-bond donors (Lipinski definition) is 1. The zero-order chi connectivity index (χ0) is 11.6. The number of hydrogen-bond acceptors (Lipinski definition) is 2. The average molecular weight is 213 g/mol. The summed E-state index contributed by atoms with van der Waals surface area (Å²) in [4.78, 5) is 24.4. The second-order valence-corrected chi connectivity index (χ2v) is 4.30. The minimum atomic E-state index is -0.918. The summed E-state index contributed by atoms with van der Waals surface area (Å²) < 4.78 is 0. The fourth-order valence-electron chi connectivity index (χ4n) is 1.59. The van der Waals surface area contributed by atoms with Gasteiger partial charge in [0.15, 0.2) is 0 Å². The van der Waals surface area contributed by atoms with Crippen molar-refractivity contribution in [1.82, 2.24) is 4.90 Å². The van der Waals surface area contributed by atoms with E-state index in [0.717, 1.165) is 19.3 Å². The summed E-state index contributed by atoms with van der Waals surface area (Å²) in [6, 6.07) is -0.531.